The van der Waals surface area contributed by atoms with E-state index < -0.39 is 23.5 Å². The largest absolute Gasteiger partial charge is 0.481 e. The molecule has 1 aliphatic rings. The zero-order valence-corrected chi connectivity index (χ0v) is 7.91. The van der Waals surface area contributed by atoms with Gasteiger partial charge in [-0.25, -0.2) is 8.78 Å². The Labute approximate surface area is 85.5 Å². The SMILES string of the molecule is O=C(O)C(c1cc(F)ccc1F)C1CC1. The number of hydrogen-bond acceptors (Lipinski definition) is 1. The smallest absolute Gasteiger partial charge is 0.311 e. The van der Waals surface area contributed by atoms with Crippen LogP contribution in [-0.2, 0) is 4.79 Å². The van der Waals surface area contributed by atoms with E-state index in [2.05, 4.69) is 0 Å². The maximum Gasteiger partial charge on any atom is 0.311 e. The number of carboxylic acids is 1. The summed E-state index contributed by atoms with van der Waals surface area (Å²) in [5.41, 5.74) is -0.0370. The minimum absolute atomic E-state index is 0.0370. The molecule has 1 aromatic carbocycles. The van der Waals surface area contributed by atoms with Crippen molar-refractivity contribution in [2.45, 2.75) is 18.8 Å². The van der Waals surface area contributed by atoms with E-state index in [0.717, 1.165) is 31.0 Å². The standard InChI is InChI=1S/C11H10F2O2/c12-7-3-4-9(13)8(5-7)10(11(14)15)6-1-2-6/h3-6,10H,1-2H2,(H,14,15). The maximum atomic E-state index is 13.3. The maximum absolute atomic E-state index is 13.3. The van der Waals surface area contributed by atoms with E-state index >= 15 is 0 Å². The second kappa shape index (κ2) is 3.61. The van der Waals surface area contributed by atoms with E-state index in [1.165, 1.54) is 0 Å². The predicted molar refractivity (Wildman–Crippen MR) is 49.5 cm³/mol. The summed E-state index contributed by atoms with van der Waals surface area (Å²) in [6.45, 7) is 0. The van der Waals surface area contributed by atoms with Gasteiger partial charge in [0.1, 0.15) is 11.6 Å². The molecule has 0 spiro atoms. The number of carbonyl (C=O) groups is 1. The van der Waals surface area contributed by atoms with Crippen LogP contribution < -0.4 is 0 Å². The fourth-order valence-electron chi connectivity index (χ4n) is 1.77. The summed E-state index contributed by atoms with van der Waals surface area (Å²) >= 11 is 0. The molecule has 2 nitrogen and oxygen atoms in total. The third kappa shape index (κ3) is 1.98. The van der Waals surface area contributed by atoms with Gasteiger partial charge in [-0.15, -0.1) is 0 Å². The van der Waals surface area contributed by atoms with Gasteiger partial charge in [-0.05, 0) is 37.0 Å². The fourth-order valence-corrected chi connectivity index (χ4v) is 1.77. The Kier molecular flexibility index (Phi) is 2.42. The van der Waals surface area contributed by atoms with Crippen molar-refractivity contribution in [1.82, 2.24) is 0 Å². The monoisotopic (exact) mass is 212 g/mol. The Balaban J connectivity index is 2.40. The van der Waals surface area contributed by atoms with Crippen molar-refractivity contribution in [2.75, 3.05) is 0 Å². The van der Waals surface area contributed by atoms with Crippen LogP contribution in [0.4, 0.5) is 8.78 Å². The summed E-state index contributed by atoms with van der Waals surface area (Å²) in [6, 6.07) is 2.94. The summed E-state index contributed by atoms with van der Waals surface area (Å²) in [6.07, 6.45) is 1.54. The van der Waals surface area contributed by atoms with Crippen molar-refractivity contribution in [1.29, 1.82) is 0 Å². The average Bonchev–Trinajstić information content (AvgIpc) is 2.95. The summed E-state index contributed by atoms with van der Waals surface area (Å²) in [4.78, 5) is 11.0. The van der Waals surface area contributed by atoms with E-state index in [1.54, 1.807) is 0 Å². The Morgan fingerprint density at radius 2 is 2.07 bits per heavy atom. The molecule has 80 valence electrons. The molecule has 1 aliphatic carbocycles. The topological polar surface area (TPSA) is 37.3 Å². The molecule has 1 N–H and O–H groups in total. The van der Waals surface area contributed by atoms with Gasteiger partial charge in [0.2, 0.25) is 0 Å². The molecule has 1 atom stereocenters. The van der Waals surface area contributed by atoms with Crippen LogP contribution in [-0.4, -0.2) is 11.1 Å². The zero-order chi connectivity index (χ0) is 11.0. The van der Waals surface area contributed by atoms with Crippen molar-refractivity contribution < 1.29 is 18.7 Å². The minimum atomic E-state index is -1.08. The van der Waals surface area contributed by atoms with E-state index in [1.807, 2.05) is 0 Å². The molecule has 2 rings (SSSR count). The molecule has 0 amide bonds. The molecule has 4 heteroatoms. The summed E-state index contributed by atoms with van der Waals surface area (Å²) in [7, 11) is 0. The molecule has 0 heterocycles. The van der Waals surface area contributed by atoms with Crippen LogP contribution in [0.1, 0.15) is 24.3 Å². The lowest BCUT2D eigenvalue weighted by Crippen LogP contribution is -2.15. The van der Waals surface area contributed by atoms with Crippen molar-refractivity contribution in [2.24, 2.45) is 5.92 Å². The van der Waals surface area contributed by atoms with E-state index in [0.29, 0.717) is 0 Å². The number of rotatable bonds is 3. The first-order valence-corrected chi connectivity index (χ1v) is 4.77. The highest BCUT2D eigenvalue weighted by molar-refractivity contribution is 5.77. The first kappa shape index (κ1) is 10.1. The number of halogens is 2. The van der Waals surface area contributed by atoms with Crippen LogP contribution in [0.2, 0.25) is 0 Å². The fraction of sp³-hybridized carbons (Fsp3) is 0.364. The van der Waals surface area contributed by atoms with Gasteiger partial charge in [-0.1, -0.05) is 0 Å². The number of aliphatic carboxylic acids is 1. The van der Waals surface area contributed by atoms with Crippen LogP contribution in [0.15, 0.2) is 18.2 Å². The normalized spacial score (nSPS) is 17.5. The summed E-state index contributed by atoms with van der Waals surface area (Å²) in [5, 5.41) is 8.96. The number of benzene rings is 1. The molecular weight excluding hydrogens is 202 g/mol. The van der Waals surface area contributed by atoms with Crippen LogP contribution in [0, 0.1) is 17.6 Å². The Morgan fingerprint density at radius 1 is 1.40 bits per heavy atom. The van der Waals surface area contributed by atoms with Crippen molar-refractivity contribution in [3.05, 3.63) is 35.4 Å². The third-order valence-electron chi connectivity index (χ3n) is 2.65. The Morgan fingerprint density at radius 3 is 2.60 bits per heavy atom. The van der Waals surface area contributed by atoms with E-state index in [-0.39, 0.29) is 11.5 Å². The van der Waals surface area contributed by atoms with Crippen molar-refractivity contribution >= 4 is 5.97 Å². The zero-order valence-electron chi connectivity index (χ0n) is 7.91. The Hall–Kier alpha value is -1.45. The first-order valence-electron chi connectivity index (χ1n) is 4.77. The van der Waals surface area contributed by atoms with Crippen LogP contribution in [0.5, 0.6) is 0 Å². The third-order valence-corrected chi connectivity index (χ3v) is 2.65. The molecular formula is C11H10F2O2. The van der Waals surface area contributed by atoms with Gasteiger partial charge in [-0.3, -0.25) is 4.79 Å². The molecule has 0 aromatic heterocycles. The second-order valence-corrected chi connectivity index (χ2v) is 3.82. The molecule has 1 aromatic rings. The van der Waals surface area contributed by atoms with Gasteiger partial charge >= 0.3 is 5.97 Å². The van der Waals surface area contributed by atoms with E-state index in [4.69, 9.17) is 5.11 Å². The minimum Gasteiger partial charge on any atom is -0.481 e. The highest BCUT2D eigenvalue weighted by atomic mass is 19.1. The lowest BCUT2D eigenvalue weighted by molar-refractivity contribution is -0.139. The molecule has 1 unspecified atom stereocenters. The molecule has 15 heavy (non-hydrogen) atoms. The lowest BCUT2D eigenvalue weighted by atomic mass is 9.94. The van der Waals surface area contributed by atoms with Gasteiger partial charge in [0.05, 0.1) is 5.92 Å². The van der Waals surface area contributed by atoms with Crippen molar-refractivity contribution in [3.63, 3.8) is 0 Å². The Bertz CT molecular complexity index is 400. The van der Waals surface area contributed by atoms with Gasteiger partial charge in [0.15, 0.2) is 0 Å². The van der Waals surface area contributed by atoms with Crippen molar-refractivity contribution in [3.8, 4) is 0 Å². The molecule has 0 saturated heterocycles. The highest BCUT2D eigenvalue weighted by Gasteiger charge is 2.38. The summed E-state index contributed by atoms with van der Waals surface area (Å²) in [5.74, 6) is -3.27. The highest BCUT2D eigenvalue weighted by Crippen LogP contribution is 2.43. The summed E-state index contributed by atoms with van der Waals surface area (Å²) < 4.78 is 26.2. The van der Waals surface area contributed by atoms with Gasteiger partial charge in [0, 0.05) is 5.56 Å². The van der Waals surface area contributed by atoms with Gasteiger partial charge < -0.3 is 5.11 Å². The second-order valence-electron chi connectivity index (χ2n) is 3.82. The quantitative estimate of drug-likeness (QED) is 0.835. The molecule has 1 fully saturated rings. The predicted octanol–water partition coefficient (Wildman–Crippen LogP) is 2.54. The molecule has 0 bridgehead atoms. The first-order chi connectivity index (χ1) is 7.09. The number of carboxylic acid groups (broad SMARTS) is 1. The van der Waals surface area contributed by atoms with Crippen LogP contribution >= 0.6 is 0 Å². The van der Waals surface area contributed by atoms with E-state index in [9.17, 15) is 13.6 Å². The van der Waals surface area contributed by atoms with Crippen LogP contribution in [0.25, 0.3) is 0 Å². The van der Waals surface area contributed by atoms with Gasteiger partial charge in [-0.2, -0.15) is 0 Å². The molecule has 0 aliphatic heterocycles. The number of hydrogen-bond donors (Lipinski definition) is 1. The lowest BCUT2D eigenvalue weighted by Gasteiger charge is -2.12. The van der Waals surface area contributed by atoms with Gasteiger partial charge in [0.25, 0.3) is 0 Å². The molecule has 1 saturated carbocycles. The average molecular weight is 212 g/mol. The van der Waals surface area contributed by atoms with Crippen LogP contribution in [0.3, 0.4) is 0 Å². The molecule has 0 radical (unpaired) electrons.